The number of nitrogens with one attached hydrogen (secondary N) is 3. The van der Waals surface area contributed by atoms with Gasteiger partial charge in [0.1, 0.15) is 17.3 Å². The number of hydrogen-bond acceptors (Lipinski definition) is 15. The number of nitro groups is 3. The Labute approximate surface area is 620 Å². The van der Waals surface area contributed by atoms with Gasteiger partial charge in [-0.05, 0) is 158 Å². The van der Waals surface area contributed by atoms with Crippen molar-refractivity contribution < 1.29 is 55.8 Å². The summed E-state index contributed by atoms with van der Waals surface area (Å²) in [7, 11) is 8.03. The van der Waals surface area contributed by atoms with E-state index in [-0.39, 0.29) is 95.8 Å². The van der Waals surface area contributed by atoms with Crippen LogP contribution in [0, 0.1) is 65.9 Å². The number of hydrazine groups is 3. The van der Waals surface area contributed by atoms with Gasteiger partial charge in [-0.25, -0.2) is 50.2 Å². The summed E-state index contributed by atoms with van der Waals surface area (Å²) < 4.78 is 88.1. The van der Waals surface area contributed by atoms with Gasteiger partial charge in [0.15, 0.2) is 15.1 Å². The highest BCUT2D eigenvalue weighted by atomic mass is 19.4. The molecule has 0 saturated carbocycles. The Morgan fingerprint density at radius 2 is 0.815 bits per heavy atom. The normalized spacial score (nSPS) is 21.0. The Kier molecular flexibility index (Phi) is 25.7. The minimum Gasteiger partial charge on any atom is -0.365 e. The number of alkyl halides is 6. The molecular formula is C75H96F6N18O9. The molecule has 0 unspecified atom stereocenters. The van der Waals surface area contributed by atoms with Crippen LogP contribution in [0.5, 0.6) is 0 Å². The van der Waals surface area contributed by atoms with Crippen molar-refractivity contribution in [1.29, 1.82) is 0 Å². The van der Waals surface area contributed by atoms with Gasteiger partial charge in [-0.1, -0.05) is 111 Å². The van der Waals surface area contributed by atoms with E-state index in [0.29, 0.717) is 96.6 Å². The van der Waals surface area contributed by atoms with Crippen LogP contribution in [-0.4, -0.2) is 157 Å². The maximum Gasteiger partial charge on any atom is 0.488 e. The Hall–Kier alpha value is -10.0. The van der Waals surface area contributed by atoms with E-state index in [0.717, 1.165) is 78.2 Å². The van der Waals surface area contributed by atoms with Crippen LogP contribution < -0.4 is 33.5 Å². The number of aromatic nitrogens is 3. The van der Waals surface area contributed by atoms with Gasteiger partial charge >= 0.3 is 12.6 Å². The Balaban J connectivity index is 0.000000173. The monoisotopic (exact) mass is 1510 g/mol. The lowest BCUT2D eigenvalue weighted by Crippen LogP contribution is -2.53. The van der Waals surface area contributed by atoms with E-state index >= 15 is 0 Å². The number of aryl methyl sites for hydroxylation is 2. The van der Waals surface area contributed by atoms with E-state index < -0.39 is 46.2 Å². The molecule has 0 spiro atoms. The molecule has 3 aliphatic carbocycles. The van der Waals surface area contributed by atoms with Crippen molar-refractivity contribution in [3.8, 4) is 0 Å². The minimum absolute atomic E-state index is 0.0293. The number of hydrogen-bond donors (Lipinski definition) is 6. The fourth-order valence-electron chi connectivity index (χ4n) is 16.7. The Bertz CT molecular complexity index is 4550. The van der Waals surface area contributed by atoms with Crippen LogP contribution in [0.3, 0.4) is 0 Å². The summed E-state index contributed by atoms with van der Waals surface area (Å²) in [5, 5.41) is 31.7. The molecule has 33 heteroatoms. The molecule has 6 heterocycles. The van der Waals surface area contributed by atoms with Crippen molar-refractivity contribution in [2.75, 3.05) is 53.4 Å². The van der Waals surface area contributed by atoms with Crippen LogP contribution in [0.25, 0.3) is 49.4 Å². The predicted octanol–water partition coefficient (Wildman–Crippen LogP) is 10.6. The first-order valence-corrected chi connectivity index (χ1v) is 36.7. The number of Topliss-reactive ketones (excluding diaryl/α,β-unsaturated/α-hetero) is 3. The topological polar surface area (TPSA) is 356 Å². The highest BCUT2D eigenvalue weighted by molar-refractivity contribution is 6.03. The lowest BCUT2D eigenvalue weighted by atomic mass is 9.78. The molecule has 0 bridgehead atoms. The lowest BCUT2D eigenvalue weighted by Gasteiger charge is -2.42. The molecule has 3 aliphatic heterocycles. The van der Waals surface area contributed by atoms with E-state index in [4.69, 9.17) is 17.2 Å². The molecular weight excluding hydrogens is 1410 g/mol. The number of nitrogens with zero attached hydrogens (tertiary/aromatic N) is 12. The summed E-state index contributed by atoms with van der Waals surface area (Å²) >= 11 is 0. The number of aliphatic imine (C=N–C) groups is 3. The third-order valence-electron chi connectivity index (χ3n) is 22.1. The fraction of sp³-hybridized carbons (Fsp3) is 0.520. The fourth-order valence-corrected chi connectivity index (χ4v) is 16.7. The van der Waals surface area contributed by atoms with Crippen molar-refractivity contribution in [3.05, 3.63) is 155 Å². The molecule has 6 aromatic rings. The molecule has 108 heavy (non-hydrogen) atoms. The van der Waals surface area contributed by atoms with Crippen molar-refractivity contribution >= 4 is 84.7 Å². The van der Waals surface area contributed by atoms with Crippen molar-refractivity contribution in [3.63, 3.8) is 0 Å². The van der Waals surface area contributed by atoms with Crippen LogP contribution in [-0.2, 0) is 54.0 Å². The first kappa shape index (κ1) is 80.5. The molecule has 0 fully saturated rings. The molecule has 6 aliphatic rings. The molecule has 12 rings (SSSR count). The second-order valence-corrected chi connectivity index (χ2v) is 29.1. The van der Waals surface area contributed by atoms with E-state index in [1.807, 2.05) is 74.5 Å². The number of halogens is 6. The molecule has 9 N–H and O–H groups in total. The minimum atomic E-state index is -4.57. The number of carbonyl (C=O) groups is 3. The van der Waals surface area contributed by atoms with Crippen molar-refractivity contribution in [2.24, 2.45) is 81.8 Å². The van der Waals surface area contributed by atoms with Gasteiger partial charge in [0.25, 0.3) is 17.9 Å². The van der Waals surface area contributed by atoms with Crippen molar-refractivity contribution in [1.82, 2.24) is 44.7 Å². The Morgan fingerprint density at radius 1 is 0.491 bits per heavy atom. The zero-order valence-corrected chi connectivity index (χ0v) is 61.7. The van der Waals surface area contributed by atoms with E-state index in [1.54, 1.807) is 23.0 Å². The Morgan fingerprint density at radius 3 is 1.16 bits per heavy atom. The van der Waals surface area contributed by atoms with Gasteiger partial charge in [0.05, 0.1) is 5.52 Å². The van der Waals surface area contributed by atoms with Crippen molar-refractivity contribution in [2.45, 2.75) is 148 Å². The third-order valence-corrected chi connectivity index (χ3v) is 22.1. The molecule has 9 atom stereocenters. The van der Waals surface area contributed by atoms with Crippen LogP contribution >= 0.6 is 0 Å². The number of fused-ring (bicyclic) bond motifs is 6. The van der Waals surface area contributed by atoms with Gasteiger partial charge in [0, 0.05) is 154 Å². The molecule has 0 amide bonds. The SMILES string of the molecule is CC[C@H](CCCN=C(N)N[N+](=O)[O-])CC(=O)[C@@H]1C=C2c3cccc4c3c(cn4C(F)(F)F)C[C@H]2N(C)C1.CC[C@H](CCCN=C(N)N[N+](=O)[O-])CC(=O)[C@@H]1C=C2c3cccc4c3c(cn4C)C[C@H]2N(C(F)(F)F)C1.CC[C@H](CCCN=C(N)N[N+](=O)[O-])CC(=O)[C@@H]1C=C2c3cccc4c3c(cn4C)C[C@H]2N(C)C1. The summed E-state index contributed by atoms with van der Waals surface area (Å²) in [6.45, 7) is 7.88. The molecule has 3 aromatic carbocycles. The quantitative estimate of drug-likeness (QED) is 0.00531. The highest BCUT2D eigenvalue weighted by Crippen LogP contribution is 2.48. The standard InChI is InChI=1S/2C25H31F3N6O3.C25H34N6O3/c1-3-15(6-5-9-30-24(29)31-34(36)37)10-22(35)16-11-19-18-7-4-8-20-23(18)17(13-32(20)2)12-21(19)33(14-16)25(26,27)28;1-3-15(6-5-9-30-24(29)31-34(36)37)10-22(35)16-11-19-18-7-4-8-20-23(18)17(12-21(19)32(2)13-16)14-33(20)25(26,27)28;1-4-16(7-6-10-27-25(26)28-31(33)34)11-23(32)17-12-20-19-8-5-9-21-24(19)18(15-29(21)2)13-22(20)30(3)14-17/h4,7-8,11,13,15-16,21H,3,5-6,9-10,12,14H2,1-2H3,(H3,29,30,31);4,7-8,11,14-16,21H,3,5-6,9-10,12-13H2,1-2H3,(H3,29,30,31);5,8-9,12,15-17,22H,4,6-7,10-11,13-14H2,1-3H3,(H3,26,27,28)/t2*15-,16-,21-;16-,17-,22-/m111/s1. The molecule has 0 saturated heterocycles. The van der Waals surface area contributed by atoms with Crippen LogP contribution in [0.2, 0.25) is 0 Å². The average Bonchev–Trinajstić information content (AvgIpc) is 1.52. The smallest absolute Gasteiger partial charge is 0.365 e. The van der Waals surface area contributed by atoms with Crippen LogP contribution in [0.15, 0.2) is 106 Å². The van der Waals surface area contributed by atoms with Gasteiger partial charge in [0.2, 0.25) is 0 Å². The first-order chi connectivity index (χ1) is 51.3. The summed E-state index contributed by atoms with van der Waals surface area (Å²) in [5.41, 5.74) is 32.5. The number of ketones is 3. The van der Waals surface area contributed by atoms with Gasteiger partial charge < -0.3 is 26.3 Å². The number of guanidine groups is 3. The van der Waals surface area contributed by atoms with Gasteiger partial charge in [-0.3, -0.25) is 28.8 Å². The molecule has 27 nitrogen and oxygen atoms in total. The van der Waals surface area contributed by atoms with Crippen LogP contribution in [0.4, 0.5) is 26.3 Å². The van der Waals surface area contributed by atoms with E-state index in [1.165, 1.54) is 39.9 Å². The van der Waals surface area contributed by atoms with Gasteiger partial charge in [-0.15, -0.1) is 13.2 Å². The van der Waals surface area contributed by atoms with E-state index in [9.17, 15) is 71.1 Å². The summed E-state index contributed by atoms with van der Waals surface area (Å²) in [5.74, 6) is -1.50. The number of nitrogens with two attached hydrogens (primary N) is 3. The summed E-state index contributed by atoms with van der Waals surface area (Å²) in [6, 6.07) is 16.5. The number of rotatable bonds is 27. The number of benzene rings is 3. The van der Waals surface area contributed by atoms with Gasteiger partial charge in [-0.2, -0.15) is 13.2 Å². The zero-order valence-electron chi connectivity index (χ0n) is 61.7. The number of likely N-dealkylation sites (N-methyl/N-ethyl adjacent to an activating group) is 2. The third kappa shape index (κ3) is 18.7. The second-order valence-electron chi connectivity index (χ2n) is 29.1. The maximum atomic E-state index is 14.2. The summed E-state index contributed by atoms with van der Waals surface area (Å²) in [4.78, 5) is 87.8. The average molecular weight is 1510 g/mol. The van der Waals surface area contributed by atoms with E-state index in [2.05, 4.69) is 80.8 Å². The molecule has 582 valence electrons. The number of carbonyl (C=O) groups excluding carboxylic acids is 3. The largest absolute Gasteiger partial charge is 0.488 e. The molecule has 0 radical (unpaired) electrons. The summed E-state index contributed by atoms with van der Waals surface area (Å²) in [6.07, 6.45) is 11.5. The first-order valence-electron chi connectivity index (χ1n) is 36.7. The predicted molar refractivity (Wildman–Crippen MR) is 402 cm³/mol. The second kappa shape index (κ2) is 34.5. The molecule has 3 aromatic heterocycles. The highest BCUT2D eigenvalue weighted by Gasteiger charge is 2.49. The van der Waals surface area contributed by atoms with Crippen LogP contribution in [0.1, 0.15) is 131 Å². The maximum absolute atomic E-state index is 14.2. The lowest BCUT2D eigenvalue weighted by molar-refractivity contribution is -0.525. The zero-order chi connectivity index (χ0) is 78.2.